The van der Waals surface area contributed by atoms with E-state index in [-0.39, 0.29) is 24.0 Å². The number of ether oxygens (including phenoxy) is 1. The summed E-state index contributed by atoms with van der Waals surface area (Å²) < 4.78 is 6.26. The highest BCUT2D eigenvalue weighted by atomic mass is 16.5. The molecule has 0 aliphatic heterocycles. The quantitative estimate of drug-likeness (QED) is 0.539. The van der Waals surface area contributed by atoms with E-state index >= 15 is 0 Å². The summed E-state index contributed by atoms with van der Waals surface area (Å²) in [5, 5.41) is 3.17. The molecule has 0 aliphatic carbocycles. The Morgan fingerprint density at radius 3 is 1.90 bits per heavy atom. The molecule has 0 unspecified atom stereocenters. The standard InChI is InChI=1S/C26H29NO2/c1-20(18-22-12-6-3-7-13-22)26(28)27-21(2)25(24-16-10-5-11-17-24)29-19-23-14-8-4-9-15-23/h3-17,20-21,25H,18-19H2,1-2H3,(H,27,28)/t20-,21+,25-/m0/s1. The topological polar surface area (TPSA) is 38.3 Å². The Balaban J connectivity index is 1.65. The van der Waals surface area contributed by atoms with Gasteiger partial charge in [-0.3, -0.25) is 4.79 Å². The zero-order valence-electron chi connectivity index (χ0n) is 17.1. The van der Waals surface area contributed by atoms with Crippen LogP contribution in [-0.2, 0) is 22.6 Å². The van der Waals surface area contributed by atoms with Gasteiger partial charge >= 0.3 is 0 Å². The van der Waals surface area contributed by atoms with Crippen molar-refractivity contribution >= 4 is 5.91 Å². The number of amides is 1. The van der Waals surface area contributed by atoms with Gasteiger partial charge in [-0.25, -0.2) is 0 Å². The van der Waals surface area contributed by atoms with Crippen LogP contribution in [0.2, 0.25) is 0 Å². The summed E-state index contributed by atoms with van der Waals surface area (Å²) in [4.78, 5) is 12.8. The van der Waals surface area contributed by atoms with E-state index in [1.54, 1.807) is 0 Å². The van der Waals surface area contributed by atoms with Crippen molar-refractivity contribution in [1.29, 1.82) is 0 Å². The molecule has 0 aromatic heterocycles. The van der Waals surface area contributed by atoms with Gasteiger partial charge in [-0.2, -0.15) is 0 Å². The molecule has 3 atom stereocenters. The van der Waals surface area contributed by atoms with Crippen molar-refractivity contribution in [3.8, 4) is 0 Å². The second-order valence-corrected chi connectivity index (χ2v) is 7.52. The molecule has 0 heterocycles. The smallest absolute Gasteiger partial charge is 0.223 e. The van der Waals surface area contributed by atoms with Crippen molar-refractivity contribution < 1.29 is 9.53 Å². The van der Waals surface area contributed by atoms with Crippen molar-refractivity contribution in [1.82, 2.24) is 5.32 Å². The number of carbonyl (C=O) groups is 1. The van der Waals surface area contributed by atoms with Crippen molar-refractivity contribution in [2.24, 2.45) is 5.92 Å². The van der Waals surface area contributed by atoms with Crippen LogP contribution in [-0.4, -0.2) is 11.9 Å². The monoisotopic (exact) mass is 387 g/mol. The van der Waals surface area contributed by atoms with Crippen LogP contribution in [0.3, 0.4) is 0 Å². The zero-order chi connectivity index (χ0) is 20.5. The number of hydrogen-bond donors (Lipinski definition) is 1. The van der Waals surface area contributed by atoms with E-state index in [2.05, 4.69) is 17.4 Å². The number of rotatable bonds is 9. The summed E-state index contributed by atoms with van der Waals surface area (Å²) in [7, 11) is 0. The van der Waals surface area contributed by atoms with Crippen molar-refractivity contribution in [3.05, 3.63) is 108 Å². The fraction of sp³-hybridized carbons (Fsp3) is 0.269. The fourth-order valence-electron chi connectivity index (χ4n) is 3.43. The van der Waals surface area contributed by atoms with Gasteiger partial charge in [0.05, 0.1) is 12.6 Å². The van der Waals surface area contributed by atoms with E-state index in [0.717, 1.165) is 17.5 Å². The van der Waals surface area contributed by atoms with Gasteiger partial charge in [0.25, 0.3) is 0 Å². The lowest BCUT2D eigenvalue weighted by molar-refractivity contribution is -0.126. The van der Waals surface area contributed by atoms with Gasteiger partial charge in [0.1, 0.15) is 6.10 Å². The Labute approximate surface area is 173 Å². The Kier molecular flexibility index (Phi) is 7.60. The molecule has 0 fully saturated rings. The van der Waals surface area contributed by atoms with Crippen molar-refractivity contribution in [2.75, 3.05) is 0 Å². The van der Waals surface area contributed by atoms with Gasteiger partial charge in [-0.1, -0.05) is 97.9 Å². The van der Waals surface area contributed by atoms with Crippen molar-refractivity contribution in [2.45, 2.75) is 39.0 Å². The Morgan fingerprint density at radius 1 is 0.793 bits per heavy atom. The van der Waals surface area contributed by atoms with Crippen LogP contribution in [0.5, 0.6) is 0 Å². The van der Waals surface area contributed by atoms with E-state index in [1.807, 2.05) is 92.7 Å². The van der Waals surface area contributed by atoms with Gasteiger partial charge in [0.15, 0.2) is 0 Å². The molecule has 150 valence electrons. The van der Waals surface area contributed by atoms with Crippen LogP contribution >= 0.6 is 0 Å². The molecule has 1 N–H and O–H groups in total. The van der Waals surface area contributed by atoms with Crippen LogP contribution in [0.1, 0.15) is 36.6 Å². The minimum atomic E-state index is -0.218. The molecule has 0 aliphatic rings. The van der Waals surface area contributed by atoms with Crippen LogP contribution in [0.25, 0.3) is 0 Å². The summed E-state index contributed by atoms with van der Waals surface area (Å²) in [6.07, 6.45) is 0.504. The van der Waals surface area contributed by atoms with E-state index in [1.165, 1.54) is 5.56 Å². The lowest BCUT2D eigenvalue weighted by Gasteiger charge is -2.27. The molecule has 0 spiro atoms. The van der Waals surface area contributed by atoms with Crippen LogP contribution in [0, 0.1) is 5.92 Å². The maximum atomic E-state index is 12.8. The minimum absolute atomic E-state index is 0.0468. The van der Waals surface area contributed by atoms with Gasteiger partial charge in [-0.15, -0.1) is 0 Å². The first-order valence-corrected chi connectivity index (χ1v) is 10.2. The Hall–Kier alpha value is -2.91. The molecular formula is C26H29NO2. The first-order valence-electron chi connectivity index (χ1n) is 10.2. The fourth-order valence-corrected chi connectivity index (χ4v) is 3.43. The molecule has 3 nitrogen and oxygen atoms in total. The molecule has 0 saturated carbocycles. The second kappa shape index (κ2) is 10.6. The van der Waals surface area contributed by atoms with E-state index in [4.69, 9.17) is 4.74 Å². The van der Waals surface area contributed by atoms with Crippen molar-refractivity contribution in [3.63, 3.8) is 0 Å². The summed E-state index contributed by atoms with van der Waals surface area (Å²) >= 11 is 0. The highest BCUT2D eigenvalue weighted by Crippen LogP contribution is 2.23. The third-order valence-electron chi connectivity index (χ3n) is 5.06. The second-order valence-electron chi connectivity index (χ2n) is 7.52. The van der Waals surface area contributed by atoms with E-state index < -0.39 is 0 Å². The van der Waals surface area contributed by atoms with Gasteiger partial charge in [-0.05, 0) is 30.0 Å². The highest BCUT2D eigenvalue weighted by molar-refractivity contribution is 5.79. The molecule has 3 heteroatoms. The molecule has 1 amide bonds. The summed E-state index contributed by atoms with van der Waals surface area (Å²) in [6.45, 7) is 4.48. The third-order valence-corrected chi connectivity index (χ3v) is 5.06. The van der Waals surface area contributed by atoms with Gasteiger partial charge < -0.3 is 10.1 Å². The molecule has 3 aromatic carbocycles. The Bertz CT molecular complexity index is 865. The van der Waals surface area contributed by atoms with Crippen LogP contribution < -0.4 is 5.32 Å². The van der Waals surface area contributed by atoms with Crippen LogP contribution in [0.4, 0.5) is 0 Å². The van der Waals surface area contributed by atoms with Gasteiger partial charge in [0.2, 0.25) is 5.91 Å². The molecule has 29 heavy (non-hydrogen) atoms. The average Bonchev–Trinajstić information content (AvgIpc) is 2.76. The summed E-state index contributed by atoms with van der Waals surface area (Å²) in [6, 6.07) is 30.2. The lowest BCUT2D eigenvalue weighted by atomic mass is 9.98. The zero-order valence-corrected chi connectivity index (χ0v) is 17.1. The maximum absolute atomic E-state index is 12.8. The van der Waals surface area contributed by atoms with E-state index in [0.29, 0.717) is 6.61 Å². The normalized spacial score (nSPS) is 14.0. The Morgan fingerprint density at radius 2 is 1.31 bits per heavy atom. The molecule has 0 saturated heterocycles. The molecule has 3 aromatic rings. The molecule has 3 rings (SSSR count). The SMILES string of the molecule is C[C@@H](Cc1ccccc1)C(=O)N[C@H](C)[C@H](OCc1ccccc1)c1ccccc1. The number of nitrogens with one attached hydrogen (secondary N) is 1. The highest BCUT2D eigenvalue weighted by Gasteiger charge is 2.24. The number of benzene rings is 3. The molecular weight excluding hydrogens is 358 g/mol. The minimum Gasteiger partial charge on any atom is -0.367 e. The third kappa shape index (κ3) is 6.30. The lowest BCUT2D eigenvalue weighted by Crippen LogP contribution is -2.41. The largest absolute Gasteiger partial charge is 0.367 e. The molecule has 0 radical (unpaired) electrons. The first-order chi connectivity index (χ1) is 14.1. The number of hydrogen-bond acceptors (Lipinski definition) is 2. The first kappa shape index (κ1) is 20.8. The van der Waals surface area contributed by atoms with E-state index in [9.17, 15) is 4.79 Å². The maximum Gasteiger partial charge on any atom is 0.223 e. The summed E-state index contributed by atoms with van der Waals surface area (Å²) in [5.41, 5.74) is 3.35. The van der Waals surface area contributed by atoms with Crippen LogP contribution in [0.15, 0.2) is 91.0 Å². The molecule has 0 bridgehead atoms. The predicted octanol–water partition coefficient (Wildman–Crippen LogP) is 5.33. The number of carbonyl (C=O) groups excluding carboxylic acids is 1. The predicted molar refractivity (Wildman–Crippen MR) is 117 cm³/mol. The average molecular weight is 388 g/mol. The summed E-state index contributed by atoms with van der Waals surface area (Å²) in [5.74, 6) is -0.0593. The van der Waals surface area contributed by atoms with Gasteiger partial charge in [0, 0.05) is 5.92 Å².